The Labute approximate surface area is 192 Å². The first-order valence-electron chi connectivity index (χ1n) is 10.7. The van der Waals surface area contributed by atoms with E-state index in [-0.39, 0.29) is 12.4 Å². The lowest BCUT2D eigenvalue weighted by molar-refractivity contribution is -0.153. The summed E-state index contributed by atoms with van der Waals surface area (Å²) in [4.78, 5) is 24.7. The van der Waals surface area contributed by atoms with Gasteiger partial charge >= 0.3 is 5.97 Å². The van der Waals surface area contributed by atoms with Crippen LogP contribution in [0.4, 0.5) is 17.5 Å². The highest BCUT2D eigenvalue weighted by Crippen LogP contribution is 2.30. The van der Waals surface area contributed by atoms with Crippen LogP contribution in [0.1, 0.15) is 38.4 Å². The van der Waals surface area contributed by atoms with Gasteiger partial charge in [0.25, 0.3) is 0 Å². The van der Waals surface area contributed by atoms with Crippen LogP contribution in [0.3, 0.4) is 0 Å². The maximum atomic E-state index is 12.1. The van der Waals surface area contributed by atoms with Gasteiger partial charge in [-0.05, 0) is 63.6 Å². The first-order chi connectivity index (χ1) is 15.2. The van der Waals surface area contributed by atoms with E-state index < -0.39 is 5.60 Å². The molecule has 1 aromatic carbocycles. The van der Waals surface area contributed by atoms with Crippen LogP contribution in [0.5, 0.6) is 0 Å². The second-order valence-corrected chi connectivity index (χ2v) is 9.85. The summed E-state index contributed by atoms with van der Waals surface area (Å²) >= 11 is 1.49. The van der Waals surface area contributed by atoms with Crippen LogP contribution in [-0.4, -0.2) is 44.8 Å². The van der Waals surface area contributed by atoms with Gasteiger partial charge in [0, 0.05) is 35.8 Å². The van der Waals surface area contributed by atoms with E-state index in [1.54, 1.807) is 0 Å². The molecule has 2 aromatic heterocycles. The van der Waals surface area contributed by atoms with Gasteiger partial charge in [0.2, 0.25) is 0 Å². The van der Waals surface area contributed by atoms with Crippen LogP contribution >= 0.6 is 11.8 Å². The number of nitrogens with zero attached hydrogens (tertiary/aromatic N) is 4. The SMILES string of the molecule is Cc1cc(Nc2cc(N3CCC3)nc(Sc3ccc(CC(=O)OC(C)(C)C)cc3)n2)n[nH]1. The van der Waals surface area contributed by atoms with E-state index in [0.29, 0.717) is 11.0 Å². The predicted molar refractivity (Wildman–Crippen MR) is 126 cm³/mol. The number of benzene rings is 1. The van der Waals surface area contributed by atoms with E-state index in [0.717, 1.165) is 40.9 Å². The number of H-pyrrole nitrogens is 1. The number of anilines is 3. The number of aromatic amines is 1. The third kappa shape index (κ3) is 6.00. The molecule has 3 heterocycles. The highest BCUT2D eigenvalue weighted by Gasteiger charge is 2.19. The summed E-state index contributed by atoms with van der Waals surface area (Å²) in [5.74, 6) is 2.11. The zero-order valence-corrected chi connectivity index (χ0v) is 19.6. The molecule has 0 amide bonds. The molecule has 0 spiro atoms. The fraction of sp³-hybridized carbons (Fsp3) is 0.391. The van der Waals surface area contributed by atoms with Gasteiger partial charge in [-0.1, -0.05) is 12.1 Å². The first kappa shape index (κ1) is 22.1. The number of esters is 1. The van der Waals surface area contributed by atoms with E-state index in [1.165, 1.54) is 18.2 Å². The monoisotopic (exact) mass is 452 g/mol. The summed E-state index contributed by atoms with van der Waals surface area (Å²) in [7, 11) is 0. The molecule has 1 aliphatic heterocycles. The van der Waals surface area contributed by atoms with Gasteiger partial charge in [-0.15, -0.1) is 0 Å². The van der Waals surface area contributed by atoms with Crippen molar-refractivity contribution in [1.82, 2.24) is 20.2 Å². The molecule has 0 unspecified atom stereocenters. The molecule has 0 aliphatic carbocycles. The molecule has 4 rings (SSSR count). The predicted octanol–water partition coefficient (Wildman–Crippen LogP) is 4.50. The van der Waals surface area contributed by atoms with Crippen LogP contribution < -0.4 is 10.2 Å². The summed E-state index contributed by atoms with van der Waals surface area (Å²) in [5.41, 5.74) is 1.41. The molecular formula is C23H28N6O2S. The lowest BCUT2D eigenvalue weighted by atomic mass is 10.1. The third-order valence-electron chi connectivity index (χ3n) is 4.74. The number of hydrogen-bond acceptors (Lipinski definition) is 8. The van der Waals surface area contributed by atoms with Gasteiger partial charge in [-0.3, -0.25) is 9.89 Å². The van der Waals surface area contributed by atoms with Crippen LogP contribution in [0.2, 0.25) is 0 Å². The average molecular weight is 453 g/mol. The number of nitrogens with one attached hydrogen (secondary N) is 2. The Hall–Kier alpha value is -3.07. The first-order valence-corrected chi connectivity index (χ1v) is 11.5. The van der Waals surface area contributed by atoms with Crippen LogP contribution in [-0.2, 0) is 16.0 Å². The number of hydrogen-bond donors (Lipinski definition) is 2. The number of carbonyl (C=O) groups excluding carboxylic acids is 1. The van der Waals surface area contributed by atoms with Crippen molar-refractivity contribution in [3.63, 3.8) is 0 Å². The Balaban J connectivity index is 1.47. The Bertz CT molecular complexity index is 1090. The number of aromatic nitrogens is 4. The summed E-state index contributed by atoms with van der Waals surface area (Å²) in [6, 6.07) is 11.7. The highest BCUT2D eigenvalue weighted by atomic mass is 32.2. The minimum atomic E-state index is -0.480. The summed E-state index contributed by atoms with van der Waals surface area (Å²) in [6.45, 7) is 9.57. The van der Waals surface area contributed by atoms with Gasteiger partial charge in [0.05, 0.1) is 6.42 Å². The molecule has 32 heavy (non-hydrogen) atoms. The number of aryl methyl sites for hydroxylation is 1. The Morgan fingerprint density at radius 3 is 2.50 bits per heavy atom. The fourth-order valence-electron chi connectivity index (χ4n) is 3.17. The lowest BCUT2D eigenvalue weighted by Crippen LogP contribution is -2.37. The Morgan fingerprint density at radius 2 is 1.91 bits per heavy atom. The molecule has 0 bridgehead atoms. The standard InChI is InChI=1S/C23H28N6O2S/c1-15-12-19(28-27-15)24-18-14-20(29-10-5-11-29)26-22(25-18)32-17-8-6-16(7-9-17)13-21(30)31-23(2,3)4/h6-9,12,14H,5,10-11,13H2,1-4H3,(H2,24,25,26,27,28). The molecule has 8 nitrogen and oxygen atoms in total. The van der Waals surface area contributed by atoms with Crippen molar-refractivity contribution < 1.29 is 9.53 Å². The van der Waals surface area contributed by atoms with Crippen LogP contribution in [0.25, 0.3) is 0 Å². The van der Waals surface area contributed by atoms with Gasteiger partial charge < -0.3 is 15.0 Å². The average Bonchev–Trinajstić information content (AvgIpc) is 3.05. The molecular weight excluding hydrogens is 424 g/mol. The second kappa shape index (κ2) is 9.20. The highest BCUT2D eigenvalue weighted by molar-refractivity contribution is 7.99. The molecule has 2 N–H and O–H groups in total. The van der Waals surface area contributed by atoms with Crippen molar-refractivity contribution in [1.29, 1.82) is 0 Å². The normalized spacial score (nSPS) is 13.6. The van der Waals surface area contributed by atoms with E-state index in [4.69, 9.17) is 9.72 Å². The van der Waals surface area contributed by atoms with Crippen molar-refractivity contribution >= 4 is 35.2 Å². The van der Waals surface area contributed by atoms with Crippen molar-refractivity contribution in [2.24, 2.45) is 0 Å². The van der Waals surface area contributed by atoms with Crippen molar-refractivity contribution in [2.45, 2.75) is 56.2 Å². The van der Waals surface area contributed by atoms with E-state index in [9.17, 15) is 4.79 Å². The smallest absolute Gasteiger partial charge is 0.310 e. The van der Waals surface area contributed by atoms with Gasteiger partial charge in [0.15, 0.2) is 11.0 Å². The van der Waals surface area contributed by atoms with Crippen molar-refractivity contribution in [2.75, 3.05) is 23.3 Å². The van der Waals surface area contributed by atoms with Crippen molar-refractivity contribution in [3.8, 4) is 0 Å². The maximum absolute atomic E-state index is 12.1. The van der Waals surface area contributed by atoms with E-state index in [1.807, 2.05) is 64.1 Å². The fourth-order valence-corrected chi connectivity index (χ4v) is 3.93. The number of ether oxygens (including phenoxy) is 1. The van der Waals surface area contributed by atoms with Crippen molar-refractivity contribution in [3.05, 3.63) is 47.7 Å². The molecule has 0 radical (unpaired) electrons. The largest absolute Gasteiger partial charge is 0.460 e. The molecule has 168 valence electrons. The third-order valence-corrected chi connectivity index (χ3v) is 5.61. The van der Waals surface area contributed by atoms with E-state index >= 15 is 0 Å². The summed E-state index contributed by atoms with van der Waals surface area (Å²) < 4.78 is 5.40. The number of rotatable bonds is 7. The zero-order valence-electron chi connectivity index (χ0n) is 18.8. The Morgan fingerprint density at radius 1 is 1.16 bits per heavy atom. The molecule has 9 heteroatoms. The quantitative estimate of drug-likeness (QED) is 0.400. The molecule has 1 fully saturated rings. The number of carbonyl (C=O) groups is 1. The Kier molecular flexibility index (Phi) is 6.36. The van der Waals surface area contributed by atoms with Crippen LogP contribution in [0.15, 0.2) is 46.5 Å². The minimum Gasteiger partial charge on any atom is -0.460 e. The van der Waals surface area contributed by atoms with Gasteiger partial charge in [0.1, 0.15) is 17.2 Å². The summed E-state index contributed by atoms with van der Waals surface area (Å²) in [5, 5.41) is 11.1. The minimum absolute atomic E-state index is 0.229. The zero-order chi connectivity index (χ0) is 22.7. The molecule has 3 aromatic rings. The summed E-state index contributed by atoms with van der Waals surface area (Å²) in [6.07, 6.45) is 1.42. The molecule has 0 atom stereocenters. The molecule has 1 aliphatic rings. The topological polar surface area (TPSA) is 96.0 Å². The van der Waals surface area contributed by atoms with Gasteiger partial charge in [-0.25, -0.2) is 9.97 Å². The van der Waals surface area contributed by atoms with Crippen LogP contribution in [0, 0.1) is 6.92 Å². The molecule has 0 saturated carbocycles. The second-order valence-electron chi connectivity index (χ2n) is 8.80. The maximum Gasteiger partial charge on any atom is 0.310 e. The molecule has 1 saturated heterocycles. The van der Waals surface area contributed by atoms with E-state index in [2.05, 4.69) is 25.4 Å². The van der Waals surface area contributed by atoms with Gasteiger partial charge in [-0.2, -0.15) is 5.10 Å². The lowest BCUT2D eigenvalue weighted by Gasteiger charge is -2.32.